The zero-order valence-electron chi connectivity index (χ0n) is 9.97. The molecule has 0 atom stereocenters. The number of nitrogens with one attached hydrogen (secondary N) is 1. The molecular weight excluding hydrogens is 302 g/mol. The predicted molar refractivity (Wildman–Crippen MR) is 68.4 cm³/mol. The van der Waals surface area contributed by atoms with E-state index in [0.717, 1.165) is 0 Å². The maximum atomic E-state index is 11.6. The third-order valence-corrected chi connectivity index (χ3v) is 3.07. The second-order valence-electron chi connectivity index (χ2n) is 3.71. The minimum Gasteiger partial charge on any atom is -0.382 e. The molecule has 0 aliphatic heterocycles. The molecule has 0 saturated heterocycles. The van der Waals surface area contributed by atoms with E-state index in [-0.39, 0.29) is 5.56 Å². The molecule has 0 saturated carbocycles. The van der Waals surface area contributed by atoms with E-state index in [9.17, 15) is 4.79 Å². The Kier molecular flexibility index (Phi) is 3.75. The number of aryl methyl sites for hydroxylation is 2. The molecule has 0 fully saturated rings. The summed E-state index contributed by atoms with van der Waals surface area (Å²) in [5.41, 5.74) is 0.461. The van der Waals surface area contributed by atoms with E-state index in [1.165, 1.54) is 4.68 Å². The topological polar surface area (TPSA) is 85.8 Å². The van der Waals surface area contributed by atoms with E-state index in [1.807, 2.05) is 0 Å². The molecule has 0 aliphatic carbocycles. The number of anilines is 1. The number of aromatic nitrogens is 4. The Balaban J connectivity index is 1.99. The average Bonchev–Trinajstić information content (AvgIpc) is 2.75. The summed E-state index contributed by atoms with van der Waals surface area (Å²) >= 11 is 3.23. The van der Waals surface area contributed by atoms with Crippen LogP contribution in [0.3, 0.4) is 0 Å². The molecule has 0 aromatic carbocycles. The zero-order valence-corrected chi connectivity index (χ0v) is 11.6. The van der Waals surface area contributed by atoms with Gasteiger partial charge in [-0.15, -0.1) is 0 Å². The summed E-state index contributed by atoms with van der Waals surface area (Å²) in [5.74, 6) is 1.18. The summed E-state index contributed by atoms with van der Waals surface area (Å²) in [7, 11) is 1.60. The maximum Gasteiger partial charge on any atom is 0.282 e. The number of halogens is 1. The molecule has 96 valence electrons. The molecule has 2 aromatic rings. The minimum atomic E-state index is -0.186. The highest BCUT2D eigenvalue weighted by molar-refractivity contribution is 9.10. The molecule has 0 unspecified atom stereocenters. The molecule has 0 aliphatic rings. The Bertz CT molecular complexity index is 607. The molecule has 2 heterocycles. The molecular formula is C10H12BrN5O2. The van der Waals surface area contributed by atoms with Crippen molar-refractivity contribution in [3.05, 3.63) is 32.7 Å². The lowest BCUT2D eigenvalue weighted by atomic mass is 10.4. The van der Waals surface area contributed by atoms with Crippen LogP contribution in [0.1, 0.15) is 11.7 Å². The molecule has 0 bridgehead atoms. The van der Waals surface area contributed by atoms with Crippen molar-refractivity contribution in [3.63, 3.8) is 0 Å². The van der Waals surface area contributed by atoms with Crippen molar-refractivity contribution in [3.8, 4) is 0 Å². The molecule has 1 N–H and O–H groups in total. The van der Waals surface area contributed by atoms with Crippen molar-refractivity contribution < 1.29 is 4.52 Å². The molecule has 2 rings (SSSR count). The van der Waals surface area contributed by atoms with Crippen LogP contribution in [0.15, 0.2) is 20.0 Å². The Labute approximate surface area is 111 Å². The largest absolute Gasteiger partial charge is 0.382 e. The van der Waals surface area contributed by atoms with Crippen molar-refractivity contribution in [1.82, 2.24) is 19.9 Å². The average molecular weight is 314 g/mol. The summed E-state index contributed by atoms with van der Waals surface area (Å²) in [6.07, 6.45) is 2.17. The standard InChI is InChI=1S/C10H12BrN5O2/c1-6-14-8(18-15-6)3-4-12-7-5-13-16(2)10(17)9(7)11/h5,12H,3-4H2,1-2H3. The van der Waals surface area contributed by atoms with Gasteiger partial charge in [-0.05, 0) is 22.9 Å². The van der Waals surface area contributed by atoms with Gasteiger partial charge in [0.1, 0.15) is 4.47 Å². The van der Waals surface area contributed by atoms with Gasteiger partial charge in [-0.25, -0.2) is 4.68 Å². The van der Waals surface area contributed by atoms with E-state index < -0.39 is 0 Å². The van der Waals surface area contributed by atoms with Gasteiger partial charge in [-0.1, -0.05) is 5.16 Å². The van der Waals surface area contributed by atoms with Crippen LogP contribution in [0, 0.1) is 6.92 Å². The fourth-order valence-electron chi connectivity index (χ4n) is 1.38. The van der Waals surface area contributed by atoms with Gasteiger partial charge in [0.05, 0.1) is 11.9 Å². The second kappa shape index (κ2) is 5.30. The van der Waals surface area contributed by atoms with Gasteiger partial charge in [0.25, 0.3) is 5.56 Å². The fourth-order valence-corrected chi connectivity index (χ4v) is 1.88. The van der Waals surface area contributed by atoms with Crippen LogP contribution in [0.4, 0.5) is 5.69 Å². The summed E-state index contributed by atoms with van der Waals surface area (Å²) in [4.78, 5) is 15.7. The predicted octanol–water partition coefficient (Wildman–Crippen LogP) is 0.889. The van der Waals surface area contributed by atoms with Gasteiger partial charge in [-0.2, -0.15) is 10.1 Å². The molecule has 0 amide bonds. The molecule has 0 spiro atoms. The fraction of sp³-hybridized carbons (Fsp3) is 0.400. The lowest BCUT2D eigenvalue weighted by Crippen LogP contribution is -2.21. The van der Waals surface area contributed by atoms with Gasteiger partial charge in [-0.3, -0.25) is 4.79 Å². The van der Waals surface area contributed by atoms with E-state index in [2.05, 4.69) is 36.5 Å². The van der Waals surface area contributed by atoms with Crippen LogP contribution in [0.25, 0.3) is 0 Å². The summed E-state index contributed by atoms with van der Waals surface area (Å²) in [5, 5.41) is 10.7. The smallest absolute Gasteiger partial charge is 0.282 e. The first kappa shape index (κ1) is 12.7. The third-order valence-electron chi connectivity index (χ3n) is 2.30. The second-order valence-corrected chi connectivity index (χ2v) is 4.51. The van der Waals surface area contributed by atoms with E-state index in [0.29, 0.717) is 34.8 Å². The van der Waals surface area contributed by atoms with Gasteiger partial charge >= 0.3 is 0 Å². The maximum absolute atomic E-state index is 11.6. The van der Waals surface area contributed by atoms with Gasteiger partial charge < -0.3 is 9.84 Å². The normalized spacial score (nSPS) is 10.6. The quantitative estimate of drug-likeness (QED) is 0.902. The molecule has 2 aromatic heterocycles. The zero-order chi connectivity index (χ0) is 13.1. The van der Waals surface area contributed by atoms with Gasteiger partial charge in [0.15, 0.2) is 5.82 Å². The van der Waals surface area contributed by atoms with E-state index in [4.69, 9.17) is 4.52 Å². The van der Waals surface area contributed by atoms with Crippen LogP contribution in [0.5, 0.6) is 0 Å². The van der Waals surface area contributed by atoms with Crippen LogP contribution in [0.2, 0.25) is 0 Å². The summed E-state index contributed by atoms with van der Waals surface area (Å²) in [6, 6.07) is 0. The van der Waals surface area contributed by atoms with Crippen molar-refractivity contribution in [2.75, 3.05) is 11.9 Å². The summed E-state index contributed by atoms with van der Waals surface area (Å²) < 4.78 is 6.70. The van der Waals surface area contributed by atoms with Gasteiger partial charge in [0, 0.05) is 20.0 Å². The van der Waals surface area contributed by atoms with Crippen molar-refractivity contribution in [2.24, 2.45) is 7.05 Å². The number of nitrogens with zero attached hydrogens (tertiary/aromatic N) is 4. The Morgan fingerprint density at radius 1 is 1.56 bits per heavy atom. The van der Waals surface area contributed by atoms with E-state index >= 15 is 0 Å². The SMILES string of the molecule is Cc1noc(CCNc2cnn(C)c(=O)c2Br)n1. The summed E-state index contributed by atoms with van der Waals surface area (Å²) in [6.45, 7) is 2.34. The highest BCUT2D eigenvalue weighted by atomic mass is 79.9. The van der Waals surface area contributed by atoms with Crippen LogP contribution in [-0.2, 0) is 13.5 Å². The Hall–Kier alpha value is -1.70. The van der Waals surface area contributed by atoms with Crippen molar-refractivity contribution in [2.45, 2.75) is 13.3 Å². The lowest BCUT2D eigenvalue weighted by Gasteiger charge is -2.06. The molecule has 7 nitrogen and oxygen atoms in total. The number of rotatable bonds is 4. The monoisotopic (exact) mass is 313 g/mol. The molecule has 0 radical (unpaired) electrons. The highest BCUT2D eigenvalue weighted by Crippen LogP contribution is 2.15. The van der Waals surface area contributed by atoms with E-state index in [1.54, 1.807) is 20.2 Å². The van der Waals surface area contributed by atoms with Crippen LogP contribution >= 0.6 is 15.9 Å². The highest BCUT2D eigenvalue weighted by Gasteiger charge is 2.07. The number of hydrogen-bond acceptors (Lipinski definition) is 6. The Morgan fingerprint density at radius 3 is 3.00 bits per heavy atom. The molecule has 8 heteroatoms. The first-order valence-electron chi connectivity index (χ1n) is 5.33. The van der Waals surface area contributed by atoms with Gasteiger partial charge in [0.2, 0.25) is 5.89 Å². The third kappa shape index (κ3) is 2.76. The minimum absolute atomic E-state index is 0.186. The number of hydrogen-bond donors (Lipinski definition) is 1. The first-order chi connectivity index (χ1) is 8.58. The van der Waals surface area contributed by atoms with Crippen molar-refractivity contribution >= 4 is 21.6 Å². The first-order valence-corrected chi connectivity index (χ1v) is 6.12. The van der Waals surface area contributed by atoms with Crippen molar-refractivity contribution in [1.29, 1.82) is 0 Å². The Morgan fingerprint density at radius 2 is 2.33 bits per heavy atom. The van der Waals surface area contributed by atoms with Crippen LogP contribution < -0.4 is 10.9 Å². The lowest BCUT2D eigenvalue weighted by molar-refractivity contribution is 0.377. The van der Waals surface area contributed by atoms with Crippen LogP contribution in [-0.4, -0.2) is 26.5 Å². The molecule has 18 heavy (non-hydrogen) atoms.